The summed E-state index contributed by atoms with van der Waals surface area (Å²) in [6.07, 6.45) is 5.48. The number of hydrogen-bond acceptors (Lipinski definition) is 7. The van der Waals surface area contributed by atoms with E-state index in [1.807, 2.05) is 24.3 Å². The molecule has 10 nitrogen and oxygen atoms in total. The number of aromatic nitrogens is 3. The normalized spacial score (nSPS) is 14.4. The number of methoxy groups -OCH3 is 2. The predicted octanol–water partition coefficient (Wildman–Crippen LogP) is 3.87. The molecule has 2 aromatic heterocycles. The van der Waals surface area contributed by atoms with Gasteiger partial charge < -0.3 is 24.1 Å². The number of rotatable bonds is 10. The second-order valence-corrected chi connectivity index (χ2v) is 9.31. The molecule has 10 heteroatoms. The molecule has 1 aliphatic rings. The maximum Gasteiger partial charge on any atom is 0.247 e. The van der Waals surface area contributed by atoms with Crippen LogP contribution in [0.5, 0.6) is 11.5 Å². The Labute approximate surface area is 220 Å². The van der Waals surface area contributed by atoms with Crippen LogP contribution in [0.15, 0.2) is 65.3 Å². The van der Waals surface area contributed by atoms with E-state index in [0.29, 0.717) is 28.3 Å². The molecule has 2 heterocycles. The number of fused-ring (bicyclic) bond motifs is 1. The molecule has 0 aliphatic heterocycles. The summed E-state index contributed by atoms with van der Waals surface area (Å²) >= 11 is 0. The Morgan fingerprint density at radius 2 is 1.89 bits per heavy atom. The number of para-hydroxylation sites is 2. The number of furan rings is 1. The van der Waals surface area contributed by atoms with Crippen molar-refractivity contribution in [1.82, 2.24) is 25.2 Å². The van der Waals surface area contributed by atoms with Gasteiger partial charge in [-0.25, -0.2) is 4.68 Å². The zero-order chi connectivity index (χ0) is 26.5. The van der Waals surface area contributed by atoms with Gasteiger partial charge in [0.25, 0.3) is 0 Å². The van der Waals surface area contributed by atoms with E-state index in [-0.39, 0.29) is 30.9 Å². The molecule has 1 atom stereocenters. The zero-order valence-electron chi connectivity index (χ0n) is 21.5. The number of hydrogen-bond donors (Lipinski definition) is 1. The fraction of sp³-hybridized carbons (Fsp3) is 0.357. The molecule has 2 amide bonds. The highest BCUT2D eigenvalue weighted by Gasteiger charge is 2.36. The first kappa shape index (κ1) is 25.3. The average Bonchev–Trinajstić information content (AvgIpc) is 3.71. The minimum atomic E-state index is -1.01. The van der Waals surface area contributed by atoms with E-state index in [4.69, 9.17) is 13.9 Å². The second-order valence-electron chi connectivity index (χ2n) is 9.31. The first-order valence-corrected chi connectivity index (χ1v) is 12.7. The van der Waals surface area contributed by atoms with E-state index in [9.17, 15) is 9.59 Å². The largest absolute Gasteiger partial charge is 0.493 e. The molecule has 2 aromatic carbocycles. The number of benzene rings is 2. The highest BCUT2D eigenvalue weighted by Crippen LogP contribution is 2.38. The van der Waals surface area contributed by atoms with Gasteiger partial charge in [-0.3, -0.25) is 9.59 Å². The fourth-order valence-corrected chi connectivity index (χ4v) is 5.08. The van der Waals surface area contributed by atoms with Crippen molar-refractivity contribution in [2.24, 2.45) is 0 Å². The molecule has 1 N–H and O–H groups in total. The van der Waals surface area contributed by atoms with Crippen molar-refractivity contribution in [2.75, 3.05) is 14.2 Å². The highest BCUT2D eigenvalue weighted by molar-refractivity contribution is 5.90. The second kappa shape index (κ2) is 11.4. The van der Waals surface area contributed by atoms with E-state index >= 15 is 0 Å². The summed E-state index contributed by atoms with van der Waals surface area (Å²) in [4.78, 5) is 29.5. The summed E-state index contributed by atoms with van der Waals surface area (Å²) in [6.45, 7) is -0.0394. The lowest BCUT2D eigenvalue weighted by Gasteiger charge is -2.32. The maximum atomic E-state index is 14.0. The third-order valence-corrected chi connectivity index (χ3v) is 6.92. The SMILES string of the molecule is COc1cccc([C@@H](C(=O)NC2CCCC2)N(Cc2ccco2)C(=O)Cn2nnc3ccccc32)c1OC. The molecule has 1 fully saturated rings. The molecular weight excluding hydrogens is 486 g/mol. The Hall–Kier alpha value is -4.34. The van der Waals surface area contributed by atoms with Gasteiger partial charge in [0, 0.05) is 11.6 Å². The first-order chi connectivity index (χ1) is 18.6. The van der Waals surface area contributed by atoms with Gasteiger partial charge in [-0.15, -0.1) is 5.10 Å². The number of nitrogens with one attached hydrogen (secondary N) is 1. The van der Waals surface area contributed by atoms with Crippen molar-refractivity contribution >= 4 is 22.8 Å². The average molecular weight is 518 g/mol. The van der Waals surface area contributed by atoms with Gasteiger partial charge in [-0.05, 0) is 43.2 Å². The maximum absolute atomic E-state index is 14.0. The summed E-state index contributed by atoms with van der Waals surface area (Å²) in [5, 5.41) is 11.5. The summed E-state index contributed by atoms with van der Waals surface area (Å²) in [6, 6.07) is 15.3. The molecule has 5 rings (SSSR count). The minimum absolute atomic E-state index is 0.0569. The first-order valence-electron chi connectivity index (χ1n) is 12.7. The lowest BCUT2D eigenvalue weighted by molar-refractivity contribution is -0.142. The number of ether oxygens (including phenoxy) is 2. The summed E-state index contributed by atoms with van der Waals surface area (Å²) in [5.74, 6) is 0.795. The van der Waals surface area contributed by atoms with Crippen LogP contribution in [-0.2, 0) is 22.7 Å². The molecule has 0 bridgehead atoms. The molecule has 38 heavy (non-hydrogen) atoms. The molecule has 4 aromatic rings. The van der Waals surface area contributed by atoms with Crippen LogP contribution in [-0.4, -0.2) is 52.0 Å². The number of carbonyl (C=O) groups excluding carboxylic acids is 2. The Kier molecular flexibility index (Phi) is 7.57. The molecular formula is C28H31N5O5. The van der Waals surface area contributed by atoms with Gasteiger partial charge in [-0.1, -0.05) is 42.3 Å². The van der Waals surface area contributed by atoms with Gasteiger partial charge in [0.1, 0.15) is 23.9 Å². The van der Waals surface area contributed by atoms with Gasteiger partial charge in [-0.2, -0.15) is 0 Å². The van der Waals surface area contributed by atoms with Crippen molar-refractivity contribution in [2.45, 2.75) is 50.9 Å². The molecule has 1 aliphatic carbocycles. The molecule has 198 valence electrons. The molecule has 0 saturated heterocycles. The fourth-order valence-electron chi connectivity index (χ4n) is 5.08. The van der Waals surface area contributed by atoms with Gasteiger partial charge in [0.05, 0.1) is 32.5 Å². The van der Waals surface area contributed by atoms with E-state index in [1.54, 1.807) is 41.3 Å². The Morgan fingerprint density at radius 3 is 2.63 bits per heavy atom. The van der Waals surface area contributed by atoms with Crippen molar-refractivity contribution in [3.8, 4) is 11.5 Å². The predicted molar refractivity (Wildman–Crippen MR) is 139 cm³/mol. The summed E-state index contributed by atoms with van der Waals surface area (Å²) < 4.78 is 18.4. The van der Waals surface area contributed by atoms with Gasteiger partial charge >= 0.3 is 0 Å². The number of amides is 2. The topological polar surface area (TPSA) is 112 Å². The van der Waals surface area contributed by atoms with Crippen LogP contribution in [0.25, 0.3) is 11.0 Å². The van der Waals surface area contributed by atoms with Crippen molar-refractivity contribution in [1.29, 1.82) is 0 Å². The molecule has 0 unspecified atom stereocenters. The van der Waals surface area contributed by atoms with Crippen LogP contribution >= 0.6 is 0 Å². The third-order valence-electron chi connectivity index (χ3n) is 6.92. The Morgan fingerprint density at radius 1 is 1.08 bits per heavy atom. The smallest absolute Gasteiger partial charge is 0.247 e. The molecule has 1 saturated carbocycles. The highest BCUT2D eigenvalue weighted by atomic mass is 16.5. The Bertz CT molecular complexity index is 1390. The van der Waals surface area contributed by atoms with Crippen molar-refractivity contribution in [3.05, 3.63) is 72.2 Å². The number of carbonyl (C=O) groups is 2. The Balaban J connectivity index is 1.57. The summed E-state index contributed by atoms with van der Waals surface area (Å²) in [7, 11) is 3.06. The van der Waals surface area contributed by atoms with Crippen LogP contribution < -0.4 is 14.8 Å². The third kappa shape index (κ3) is 5.20. The lowest BCUT2D eigenvalue weighted by atomic mass is 10.0. The van der Waals surface area contributed by atoms with E-state index in [0.717, 1.165) is 31.2 Å². The quantitative estimate of drug-likeness (QED) is 0.340. The van der Waals surface area contributed by atoms with Crippen LogP contribution in [0, 0.1) is 0 Å². The van der Waals surface area contributed by atoms with Gasteiger partial charge in [0.2, 0.25) is 11.8 Å². The zero-order valence-corrected chi connectivity index (χ0v) is 21.5. The molecule has 0 spiro atoms. The monoisotopic (exact) mass is 517 g/mol. The van der Waals surface area contributed by atoms with E-state index < -0.39 is 6.04 Å². The van der Waals surface area contributed by atoms with Crippen LogP contribution in [0.3, 0.4) is 0 Å². The van der Waals surface area contributed by atoms with Crippen molar-refractivity contribution < 1.29 is 23.5 Å². The number of nitrogens with zero attached hydrogens (tertiary/aromatic N) is 4. The summed E-state index contributed by atoms with van der Waals surface area (Å²) in [5.41, 5.74) is 1.93. The van der Waals surface area contributed by atoms with Crippen molar-refractivity contribution in [3.63, 3.8) is 0 Å². The van der Waals surface area contributed by atoms with Crippen LogP contribution in [0.2, 0.25) is 0 Å². The van der Waals surface area contributed by atoms with E-state index in [2.05, 4.69) is 15.6 Å². The minimum Gasteiger partial charge on any atom is -0.493 e. The molecule has 0 radical (unpaired) electrons. The van der Waals surface area contributed by atoms with Crippen LogP contribution in [0.1, 0.15) is 43.0 Å². The van der Waals surface area contributed by atoms with Gasteiger partial charge in [0.15, 0.2) is 11.5 Å². The standard InChI is InChI=1S/C28H31N5O5/c1-36-24-15-7-12-21(27(24)37-2)26(28(35)29-19-9-3-4-10-19)32(17-20-11-8-16-38-20)25(34)18-33-23-14-6-5-13-22(23)30-31-33/h5-8,11-16,19,26H,3-4,9-10,17-18H2,1-2H3,(H,29,35)/t26-/m0/s1. The van der Waals surface area contributed by atoms with Crippen LogP contribution in [0.4, 0.5) is 0 Å². The lowest BCUT2D eigenvalue weighted by Crippen LogP contribution is -2.46. The van der Waals surface area contributed by atoms with E-state index in [1.165, 1.54) is 19.1 Å².